The summed E-state index contributed by atoms with van der Waals surface area (Å²) in [5.41, 5.74) is 6.74. The molecule has 182 valence electrons. The van der Waals surface area contributed by atoms with Gasteiger partial charge in [-0.15, -0.1) is 0 Å². The summed E-state index contributed by atoms with van der Waals surface area (Å²) in [5.74, 6) is 2.23. The Morgan fingerprint density at radius 3 is 2.56 bits per heavy atom. The number of nitrogens with zero attached hydrogens (tertiary/aromatic N) is 3. The molecular weight excluding hydrogens is 450 g/mol. The molecule has 2 aromatic heterocycles. The third kappa shape index (κ3) is 4.15. The fourth-order valence-electron chi connectivity index (χ4n) is 6.43. The molecule has 0 spiro atoms. The van der Waals surface area contributed by atoms with Crippen molar-refractivity contribution in [3.8, 4) is 0 Å². The van der Waals surface area contributed by atoms with Crippen LogP contribution in [0.15, 0.2) is 35.4 Å². The van der Waals surface area contributed by atoms with Crippen molar-refractivity contribution in [3.05, 3.63) is 41.6 Å². The smallest absolute Gasteiger partial charge is 0.281 e. The Morgan fingerprint density at radius 2 is 1.94 bits per heavy atom. The molecule has 5 rings (SSSR count). The molecule has 1 saturated heterocycles. The van der Waals surface area contributed by atoms with Crippen molar-refractivity contribution >= 4 is 27.6 Å². The van der Waals surface area contributed by atoms with Crippen LogP contribution in [0.1, 0.15) is 74.8 Å². The summed E-state index contributed by atoms with van der Waals surface area (Å²) in [6.45, 7) is 7.26. The van der Waals surface area contributed by atoms with Crippen molar-refractivity contribution < 1.29 is 13.2 Å². The first-order valence-electron chi connectivity index (χ1n) is 12.1. The second-order valence-corrected chi connectivity index (χ2v) is 12.6. The number of aromatic nitrogens is 2. The maximum absolute atomic E-state index is 13.3. The van der Waals surface area contributed by atoms with Gasteiger partial charge in [-0.25, -0.2) is 14.7 Å². The van der Waals surface area contributed by atoms with Gasteiger partial charge < -0.3 is 10.6 Å². The van der Waals surface area contributed by atoms with Crippen LogP contribution in [0.4, 0.5) is 11.6 Å². The fraction of sp³-hybridized carbons (Fsp3) is 0.560. The van der Waals surface area contributed by atoms with E-state index >= 15 is 0 Å². The lowest BCUT2D eigenvalue weighted by Crippen LogP contribution is -2.41. The largest absolute Gasteiger partial charge is 0.384 e. The molecule has 1 aliphatic heterocycles. The Labute approximate surface area is 201 Å². The number of pyridine rings is 2. The molecule has 1 amide bonds. The van der Waals surface area contributed by atoms with E-state index in [1.54, 1.807) is 6.07 Å². The molecule has 3 fully saturated rings. The van der Waals surface area contributed by atoms with Crippen LogP contribution in [0, 0.1) is 17.8 Å². The number of amides is 1. The first-order valence-corrected chi connectivity index (χ1v) is 13.6. The molecule has 0 aromatic carbocycles. The van der Waals surface area contributed by atoms with E-state index < -0.39 is 15.9 Å². The standard InChI is InChI=1S/C25H33N5O3S/c1-15-13-25(2,3)30(14-15)23-18(9-10-20(27-23)19-12-16-7-8-17(19)11-16)24(31)29-34(32,33)22-6-4-5-21(26)28-22/h4-6,9-10,15-17,19H,7-8,11-14H2,1-3H3,(H2,26,28)(H,29,31)/t15-,16?,17?,19?/m0/s1. The van der Waals surface area contributed by atoms with Gasteiger partial charge in [-0.2, -0.15) is 8.42 Å². The van der Waals surface area contributed by atoms with Crippen LogP contribution in [0.3, 0.4) is 0 Å². The average molecular weight is 484 g/mol. The molecule has 3 unspecified atom stereocenters. The summed E-state index contributed by atoms with van der Waals surface area (Å²) in [4.78, 5) is 24.4. The maximum atomic E-state index is 13.3. The summed E-state index contributed by atoms with van der Waals surface area (Å²) in [6, 6.07) is 7.97. The summed E-state index contributed by atoms with van der Waals surface area (Å²) >= 11 is 0. The number of nitrogen functional groups attached to an aromatic ring is 1. The zero-order chi connectivity index (χ0) is 24.3. The molecular formula is C25H33N5O3S. The topological polar surface area (TPSA) is 118 Å². The molecule has 2 saturated carbocycles. The van der Waals surface area contributed by atoms with Crippen LogP contribution in [0.5, 0.6) is 0 Å². The van der Waals surface area contributed by atoms with E-state index in [0.717, 1.165) is 31.0 Å². The highest BCUT2D eigenvalue weighted by Gasteiger charge is 2.43. The summed E-state index contributed by atoms with van der Waals surface area (Å²) in [6.07, 6.45) is 5.94. The van der Waals surface area contributed by atoms with E-state index in [-0.39, 0.29) is 21.9 Å². The second kappa shape index (κ2) is 8.22. The first-order chi connectivity index (χ1) is 16.0. The van der Waals surface area contributed by atoms with Crippen LogP contribution in [-0.2, 0) is 10.0 Å². The van der Waals surface area contributed by atoms with Crippen molar-refractivity contribution in [1.82, 2.24) is 14.7 Å². The van der Waals surface area contributed by atoms with E-state index in [2.05, 4.69) is 35.4 Å². The number of nitrogens with one attached hydrogen (secondary N) is 1. The second-order valence-electron chi connectivity index (χ2n) is 11.0. The van der Waals surface area contributed by atoms with Crippen molar-refractivity contribution in [1.29, 1.82) is 0 Å². The molecule has 34 heavy (non-hydrogen) atoms. The number of nitrogens with two attached hydrogens (primary N) is 1. The minimum atomic E-state index is -4.18. The minimum absolute atomic E-state index is 0.0701. The van der Waals surface area contributed by atoms with E-state index in [1.165, 1.54) is 37.5 Å². The van der Waals surface area contributed by atoms with Gasteiger partial charge in [0.25, 0.3) is 15.9 Å². The zero-order valence-corrected chi connectivity index (χ0v) is 20.8. The van der Waals surface area contributed by atoms with Crippen LogP contribution >= 0.6 is 0 Å². The number of sulfonamides is 1. The Morgan fingerprint density at radius 1 is 1.15 bits per heavy atom. The number of hydrogen-bond donors (Lipinski definition) is 2. The highest BCUT2D eigenvalue weighted by atomic mass is 32.2. The molecule has 4 atom stereocenters. The molecule has 9 heteroatoms. The van der Waals surface area contributed by atoms with E-state index in [0.29, 0.717) is 23.6 Å². The third-order valence-electron chi connectivity index (χ3n) is 7.84. The average Bonchev–Trinajstić information content (AvgIpc) is 3.47. The highest BCUT2D eigenvalue weighted by Crippen LogP contribution is 2.53. The Hall–Kier alpha value is -2.68. The lowest BCUT2D eigenvalue weighted by Gasteiger charge is -2.34. The Kier molecular flexibility index (Phi) is 5.58. The van der Waals surface area contributed by atoms with Crippen LogP contribution in [0.2, 0.25) is 0 Å². The van der Waals surface area contributed by atoms with Gasteiger partial charge >= 0.3 is 0 Å². The van der Waals surface area contributed by atoms with Crippen LogP contribution in [0.25, 0.3) is 0 Å². The molecule has 2 aromatic rings. The third-order valence-corrected chi connectivity index (χ3v) is 9.07. The van der Waals surface area contributed by atoms with Gasteiger partial charge in [0.15, 0.2) is 5.03 Å². The number of anilines is 2. The summed E-state index contributed by atoms with van der Waals surface area (Å²) < 4.78 is 27.9. The lowest BCUT2D eigenvalue weighted by atomic mass is 9.86. The molecule has 3 N–H and O–H groups in total. The number of carbonyl (C=O) groups is 1. The quantitative estimate of drug-likeness (QED) is 0.665. The number of rotatable bonds is 5. The Bertz CT molecular complexity index is 1230. The normalized spacial score (nSPS) is 27.8. The molecule has 3 heterocycles. The predicted molar refractivity (Wildman–Crippen MR) is 131 cm³/mol. The van der Waals surface area contributed by atoms with Gasteiger partial charge in [0.2, 0.25) is 0 Å². The van der Waals surface area contributed by atoms with Crippen molar-refractivity contribution in [2.75, 3.05) is 17.2 Å². The van der Waals surface area contributed by atoms with Crippen LogP contribution in [-0.4, -0.2) is 36.4 Å². The molecule has 2 bridgehead atoms. The number of carbonyl (C=O) groups excluding carboxylic acids is 1. The summed E-state index contributed by atoms with van der Waals surface area (Å²) in [5, 5.41) is -0.288. The van der Waals surface area contributed by atoms with Crippen molar-refractivity contribution in [3.63, 3.8) is 0 Å². The number of fused-ring (bicyclic) bond motifs is 2. The van der Waals surface area contributed by atoms with E-state index in [1.807, 2.05) is 6.07 Å². The summed E-state index contributed by atoms with van der Waals surface area (Å²) in [7, 11) is -4.18. The molecule has 8 nitrogen and oxygen atoms in total. The lowest BCUT2D eigenvalue weighted by molar-refractivity contribution is 0.0981. The van der Waals surface area contributed by atoms with Gasteiger partial charge in [-0.05, 0) is 81.5 Å². The van der Waals surface area contributed by atoms with Gasteiger partial charge in [-0.1, -0.05) is 19.4 Å². The molecule has 0 radical (unpaired) electrons. The van der Waals surface area contributed by atoms with Gasteiger partial charge in [-0.3, -0.25) is 4.79 Å². The Balaban J connectivity index is 1.51. The van der Waals surface area contributed by atoms with E-state index in [9.17, 15) is 13.2 Å². The number of hydrogen-bond acceptors (Lipinski definition) is 7. The molecule has 2 aliphatic carbocycles. The van der Waals surface area contributed by atoms with Crippen LogP contribution < -0.4 is 15.4 Å². The fourth-order valence-corrected chi connectivity index (χ4v) is 7.37. The highest BCUT2D eigenvalue weighted by molar-refractivity contribution is 7.90. The van der Waals surface area contributed by atoms with Gasteiger partial charge in [0.1, 0.15) is 11.6 Å². The zero-order valence-electron chi connectivity index (χ0n) is 20.0. The van der Waals surface area contributed by atoms with Crippen molar-refractivity contribution in [2.45, 2.75) is 69.4 Å². The SMILES string of the molecule is C[C@@H]1CN(c2nc(C3CC4CCC3C4)ccc2C(=O)NS(=O)(=O)c2cccc(N)n2)C(C)(C)C1. The molecule has 3 aliphatic rings. The van der Waals surface area contributed by atoms with Gasteiger partial charge in [0.05, 0.1) is 5.56 Å². The van der Waals surface area contributed by atoms with Crippen molar-refractivity contribution in [2.24, 2.45) is 17.8 Å². The monoisotopic (exact) mass is 483 g/mol. The first kappa shape index (κ1) is 23.1. The predicted octanol–water partition coefficient (Wildman–Crippen LogP) is 3.71. The van der Waals surface area contributed by atoms with Gasteiger partial charge in [0, 0.05) is 23.7 Å². The maximum Gasteiger partial charge on any atom is 0.281 e. The van der Waals surface area contributed by atoms with E-state index in [4.69, 9.17) is 10.7 Å². The minimum Gasteiger partial charge on any atom is -0.384 e.